The predicted octanol–water partition coefficient (Wildman–Crippen LogP) is 4.56. The molecule has 0 unspecified atom stereocenters. The van der Waals surface area contributed by atoms with Crippen LogP contribution in [0.1, 0.15) is 18.1 Å². The largest absolute Gasteiger partial charge is 0.369 e. The molecule has 0 saturated carbocycles. The van der Waals surface area contributed by atoms with Gasteiger partial charge in [-0.25, -0.2) is 9.97 Å². The Morgan fingerprint density at radius 1 is 1.26 bits per heavy atom. The van der Waals surface area contributed by atoms with Gasteiger partial charge in [-0.1, -0.05) is 15.9 Å². The van der Waals surface area contributed by atoms with Crippen molar-refractivity contribution in [2.75, 3.05) is 11.9 Å². The lowest BCUT2D eigenvalue weighted by atomic mass is 10.1. The first-order chi connectivity index (χ1) is 9.02. The number of nitrogens with one attached hydrogen (secondary N) is 1. The van der Waals surface area contributed by atoms with Gasteiger partial charge in [0, 0.05) is 22.8 Å². The van der Waals surface area contributed by atoms with Crippen LogP contribution in [0.5, 0.6) is 0 Å². The molecule has 0 radical (unpaired) electrons. The van der Waals surface area contributed by atoms with Gasteiger partial charge in [-0.05, 0) is 66.6 Å². The summed E-state index contributed by atoms with van der Waals surface area (Å²) < 4.78 is 2.18. The van der Waals surface area contributed by atoms with Crippen LogP contribution in [-0.2, 0) is 0 Å². The Hall–Kier alpha value is -0.690. The molecule has 0 amide bonds. The Balaban J connectivity index is 2.50. The highest BCUT2D eigenvalue weighted by atomic mass is 127. The monoisotopic (exact) mass is 431 g/mol. The topological polar surface area (TPSA) is 37.8 Å². The van der Waals surface area contributed by atoms with Crippen LogP contribution in [0.2, 0.25) is 0 Å². The number of aromatic nitrogens is 2. The van der Waals surface area contributed by atoms with Crippen LogP contribution in [0.25, 0.3) is 11.4 Å². The van der Waals surface area contributed by atoms with Crippen LogP contribution in [-0.4, -0.2) is 16.5 Å². The molecule has 1 aromatic heterocycles. The summed E-state index contributed by atoms with van der Waals surface area (Å²) in [5, 5.41) is 3.26. The van der Waals surface area contributed by atoms with Crippen LogP contribution in [0.15, 0.2) is 22.8 Å². The van der Waals surface area contributed by atoms with Crippen LogP contribution in [0, 0.1) is 17.4 Å². The third-order valence-electron chi connectivity index (χ3n) is 2.78. The Labute approximate surface area is 135 Å². The molecule has 0 atom stereocenters. The van der Waals surface area contributed by atoms with Crippen molar-refractivity contribution in [1.82, 2.24) is 9.97 Å². The number of benzene rings is 1. The van der Waals surface area contributed by atoms with Crippen molar-refractivity contribution in [2.24, 2.45) is 0 Å². The molecular weight excluding hydrogens is 417 g/mol. The van der Waals surface area contributed by atoms with Gasteiger partial charge in [0.2, 0.25) is 0 Å². The minimum Gasteiger partial charge on any atom is -0.369 e. The standard InChI is InChI=1S/C14H15BrIN3/c1-4-17-14-11(16)7-18-13(19-14)10-5-8(2)12(15)9(3)6-10/h5-7H,4H2,1-3H3,(H,17,18,19). The van der Waals surface area contributed by atoms with Crippen molar-refractivity contribution in [2.45, 2.75) is 20.8 Å². The highest BCUT2D eigenvalue weighted by Crippen LogP contribution is 2.28. The van der Waals surface area contributed by atoms with Crippen LogP contribution < -0.4 is 5.32 Å². The summed E-state index contributed by atoms with van der Waals surface area (Å²) >= 11 is 5.83. The van der Waals surface area contributed by atoms with Gasteiger partial charge >= 0.3 is 0 Å². The number of aryl methyl sites for hydroxylation is 2. The van der Waals surface area contributed by atoms with Gasteiger partial charge in [0.25, 0.3) is 0 Å². The van der Waals surface area contributed by atoms with E-state index >= 15 is 0 Å². The molecule has 100 valence electrons. The van der Waals surface area contributed by atoms with E-state index in [1.807, 2.05) is 6.20 Å². The smallest absolute Gasteiger partial charge is 0.161 e. The molecule has 19 heavy (non-hydrogen) atoms. The fourth-order valence-electron chi connectivity index (χ4n) is 1.87. The van der Waals surface area contributed by atoms with E-state index in [1.165, 1.54) is 11.1 Å². The lowest BCUT2D eigenvalue weighted by Crippen LogP contribution is -2.04. The number of hydrogen-bond donors (Lipinski definition) is 1. The summed E-state index contributed by atoms with van der Waals surface area (Å²) in [6, 6.07) is 4.21. The minimum absolute atomic E-state index is 0.759. The molecule has 0 fully saturated rings. The summed E-state index contributed by atoms with van der Waals surface area (Å²) in [6.45, 7) is 7.08. The second kappa shape index (κ2) is 6.17. The fourth-order valence-corrected chi connectivity index (χ4v) is 2.55. The summed E-state index contributed by atoms with van der Waals surface area (Å²) in [5.74, 6) is 1.65. The molecule has 0 aliphatic rings. The number of rotatable bonds is 3. The third kappa shape index (κ3) is 3.25. The summed E-state index contributed by atoms with van der Waals surface area (Å²) in [4.78, 5) is 9.03. The molecule has 1 N–H and O–H groups in total. The molecule has 3 nitrogen and oxygen atoms in total. The SMILES string of the molecule is CCNc1nc(-c2cc(C)c(Br)c(C)c2)ncc1I. The maximum absolute atomic E-state index is 4.60. The average Bonchev–Trinajstić information content (AvgIpc) is 2.38. The maximum Gasteiger partial charge on any atom is 0.161 e. The quantitative estimate of drug-likeness (QED) is 0.724. The van der Waals surface area contributed by atoms with E-state index in [0.717, 1.165) is 31.8 Å². The molecule has 0 spiro atoms. The van der Waals surface area contributed by atoms with Crippen LogP contribution in [0.4, 0.5) is 5.82 Å². The highest BCUT2D eigenvalue weighted by molar-refractivity contribution is 14.1. The van der Waals surface area contributed by atoms with Gasteiger partial charge in [0.05, 0.1) is 3.57 Å². The van der Waals surface area contributed by atoms with Gasteiger partial charge in [-0.3, -0.25) is 0 Å². The van der Waals surface area contributed by atoms with Gasteiger partial charge in [0.1, 0.15) is 5.82 Å². The van der Waals surface area contributed by atoms with E-state index in [0.29, 0.717) is 0 Å². The van der Waals surface area contributed by atoms with Gasteiger partial charge in [0.15, 0.2) is 5.82 Å². The van der Waals surface area contributed by atoms with Crippen molar-refractivity contribution < 1.29 is 0 Å². The molecular formula is C14H15BrIN3. The lowest BCUT2D eigenvalue weighted by molar-refractivity contribution is 1.10. The number of halogens is 2. The second-order valence-corrected chi connectivity index (χ2v) is 6.30. The first-order valence-electron chi connectivity index (χ1n) is 6.06. The normalized spacial score (nSPS) is 10.6. The number of anilines is 1. The number of hydrogen-bond acceptors (Lipinski definition) is 3. The van der Waals surface area contributed by atoms with Crippen LogP contribution in [0.3, 0.4) is 0 Å². The summed E-state index contributed by atoms with van der Waals surface area (Å²) in [7, 11) is 0. The molecule has 0 aliphatic carbocycles. The van der Waals surface area contributed by atoms with Gasteiger partial charge in [-0.15, -0.1) is 0 Å². The first-order valence-corrected chi connectivity index (χ1v) is 7.93. The first kappa shape index (κ1) is 14.7. The average molecular weight is 432 g/mol. The van der Waals surface area contributed by atoms with Crippen molar-refractivity contribution in [3.63, 3.8) is 0 Å². The molecule has 1 heterocycles. The maximum atomic E-state index is 4.60. The Kier molecular flexibility index (Phi) is 4.78. The molecule has 2 rings (SSSR count). The highest BCUT2D eigenvalue weighted by Gasteiger charge is 2.09. The fraction of sp³-hybridized carbons (Fsp3) is 0.286. The molecule has 0 saturated heterocycles. The molecule has 0 bridgehead atoms. The zero-order valence-corrected chi connectivity index (χ0v) is 14.8. The van der Waals surface area contributed by atoms with Gasteiger partial charge < -0.3 is 5.32 Å². The van der Waals surface area contributed by atoms with E-state index < -0.39 is 0 Å². The van der Waals surface area contributed by atoms with Crippen molar-refractivity contribution in [3.05, 3.63) is 37.5 Å². The zero-order chi connectivity index (χ0) is 14.0. The Bertz CT molecular complexity index is 591. The molecule has 2 aromatic rings. The third-order valence-corrected chi connectivity index (χ3v) is 4.82. The van der Waals surface area contributed by atoms with E-state index in [2.05, 4.69) is 86.7 Å². The van der Waals surface area contributed by atoms with Crippen molar-refractivity contribution >= 4 is 44.3 Å². The molecule has 5 heteroatoms. The van der Waals surface area contributed by atoms with E-state index in [9.17, 15) is 0 Å². The molecule has 0 aliphatic heterocycles. The Morgan fingerprint density at radius 2 is 1.89 bits per heavy atom. The van der Waals surface area contributed by atoms with Gasteiger partial charge in [-0.2, -0.15) is 0 Å². The summed E-state index contributed by atoms with van der Waals surface area (Å²) in [6.07, 6.45) is 1.85. The Morgan fingerprint density at radius 3 is 2.47 bits per heavy atom. The van der Waals surface area contributed by atoms with Crippen molar-refractivity contribution in [3.8, 4) is 11.4 Å². The predicted molar refractivity (Wildman–Crippen MR) is 91.5 cm³/mol. The second-order valence-electron chi connectivity index (χ2n) is 4.34. The van der Waals surface area contributed by atoms with E-state index in [4.69, 9.17) is 0 Å². The molecule has 1 aromatic carbocycles. The summed E-state index contributed by atoms with van der Waals surface area (Å²) in [5.41, 5.74) is 3.44. The minimum atomic E-state index is 0.759. The lowest BCUT2D eigenvalue weighted by Gasteiger charge is -2.10. The zero-order valence-electron chi connectivity index (χ0n) is 11.1. The van der Waals surface area contributed by atoms with Crippen LogP contribution >= 0.6 is 38.5 Å². The van der Waals surface area contributed by atoms with Crippen molar-refractivity contribution in [1.29, 1.82) is 0 Å². The number of nitrogens with zero attached hydrogens (tertiary/aromatic N) is 2. The van der Waals surface area contributed by atoms with E-state index in [-0.39, 0.29) is 0 Å². The van der Waals surface area contributed by atoms with E-state index in [1.54, 1.807) is 0 Å².